The third-order valence-electron chi connectivity index (χ3n) is 4.64. The molecule has 0 saturated carbocycles. The molecule has 6 nitrogen and oxygen atoms in total. The molecule has 0 radical (unpaired) electrons. The van der Waals surface area contributed by atoms with Crippen LogP contribution in [0.1, 0.15) is 16.1 Å². The van der Waals surface area contributed by atoms with E-state index in [0.717, 1.165) is 15.6 Å². The quantitative estimate of drug-likeness (QED) is 0.443. The van der Waals surface area contributed by atoms with Crippen molar-refractivity contribution in [3.63, 3.8) is 0 Å². The molecule has 0 atom stereocenters. The van der Waals surface area contributed by atoms with E-state index < -0.39 is 0 Å². The van der Waals surface area contributed by atoms with Gasteiger partial charge in [0.15, 0.2) is 17.3 Å². The topological polar surface area (TPSA) is 73.6 Å². The molecule has 2 aromatic heterocycles. The molecule has 144 valence electrons. The van der Waals surface area contributed by atoms with Crippen LogP contribution in [-0.4, -0.2) is 17.7 Å². The highest BCUT2D eigenvalue weighted by molar-refractivity contribution is 9.10. The van der Waals surface area contributed by atoms with Gasteiger partial charge in [-0.1, -0.05) is 15.9 Å². The number of aromatic nitrogens is 1. The molecular formula is C22H15BrN2O4. The number of carbonyl (C=O) groups is 1. The Morgan fingerprint density at radius 2 is 1.90 bits per heavy atom. The number of aryl methyl sites for hydroxylation is 1. The number of nitrogens with zero attached hydrogens (tertiary/aromatic N) is 1. The summed E-state index contributed by atoms with van der Waals surface area (Å²) in [5.41, 5.74) is 2.42. The fourth-order valence-corrected chi connectivity index (χ4v) is 3.62. The van der Waals surface area contributed by atoms with E-state index in [-0.39, 0.29) is 12.7 Å². The van der Waals surface area contributed by atoms with Gasteiger partial charge in [0, 0.05) is 21.6 Å². The molecule has 1 aliphatic heterocycles. The molecule has 0 aliphatic carbocycles. The van der Waals surface area contributed by atoms with Gasteiger partial charge in [0.1, 0.15) is 11.5 Å². The number of pyridine rings is 1. The first kappa shape index (κ1) is 17.8. The van der Waals surface area contributed by atoms with Crippen molar-refractivity contribution in [1.82, 2.24) is 4.98 Å². The maximum Gasteiger partial charge on any atom is 0.256 e. The number of fused-ring (bicyclic) bond motifs is 2. The standard InChI is InChI=1S/C22H15BrN2O4/c1-12-2-6-19(29-12)18-10-16(15-8-13(23)3-5-17(15)25-18)22(26)24-14-4-7-20-21(9-14)28-11-27-20/h2-10H,11H2,1H3,(H,24,26). The van der Waals surface area contributed by atoms with Gasteiger partial charge >= 0.3 is 0 Å². The van der Waals surface area contributed by atoms with Crippen molar-refractivity contribution in [1.29, 1.82) is 0 Å². The van der Waals surface area contributed by atoms with Gasteiger partial charge in [0.2, 0.25) is 6.79 Å². The average Bonchev–Trinajstić information content (AvgIpc) is 3.35. The van der Waals surface area contributed by atoms with E-state index in [2.05, 4.69) is 26.2 Å². The van der Waals surface area contributed by atoms with Gasteiger partial charge in [-0.05, 0) is 55.5 Å². The lowest BCUT2D eigenvalue weighted by Gasteiger charge is -2.11. The summed E-state index contributed by atoms with van der Waals surface area (Å²) in [4.78, 5) is 17.8. The lowest BCUT2D eigenvalue weighted by molar-refractivity contribution is 0.102. The van der Waals surface area contributed by atoms with E-state index in [1.165, 1.54) is 0 Å². The molecule has 0 saturated heterocycles. The lowest BCUT2D eigenvalue weighted by Crippen LogP contribution is -2.13. The minimum absolute atomic E-state index is 0.182. The summed E-state index contributed by atoms with van der Waals surface area (Å²) in [5, 5.41) is 3.68. The van der Waals surface area contributed by atoms with Crippen LogP contribution in [0.4, 0.5) is 5.69 Å². The van der Waals surface area contributed by atoms with Gasteiger partial charge in [-0.3, -0.25) is 4.79 Å². The van der Waals surface area contributed by atoms with Crippen LogP contribution >= 0.6 is 15.9 Å². The molecular weight excluding hydrogens is 436 g/mol. The number of furan rings is 1. The van der Waals surface area contributed by atoms with E-state index in [1.807, 2.05) is 37.3 Å². The second-order valence-electron chi connectivity index (χ2n) is 6.65. The zero-order valence-corrected chi connectivity index (χ0v) is 16.9. The molecule has 0 unspecified atom stereocenters. The Morgan fingerprint density at radius 1 is 1.03 bits per heavy atom. The average molecular weight is 451 g/mol. The number of anilines is 1. The number of ether oxygens (including phenoxy) is 2. The summed E-state index contributed by atoms with van der Waals surface area (Å²) in [6.07, 6.45) is 0. The zero-order chi connectivity index (χ0) is 20.0. The first-order valence-electron chi connectivity index (χ1n) is 8.95. The Bertz CT molecular complexity index is 1270. The molecule has 1 N–H and O–H groups in total. The van der Waals surface area contributed by atoms with Gasteiger partial charge in [-0.25, -0.2) is 4.98 Å². The zero-order valence-electron chi connectivity index (χ0n) is 15.4. The van der Waals surface area contributed by atoms with Crippen LogP contribution in [0, 0.1) is 6.92 Å². The van der Waals surface area contributed by atoms with Crippen molar-refractivity contribution in [2.75, 3.05) is 12.1 Å². The van der Waals surface area contributed by atoms with E-state index in [1.54, 1.807) is 24.3 Å². The van der Waals surface area contributed by atoms with Crippen LogP contribution < -0.4 is 14.8 Å². The molecule has 0 spiro atoms. The highest BCUT2D eigenvalue weighted by atomic mass is 79.9. The van der Waals surface area contributed by atoms with Gasteiger partial charge < -0.3 is 19.2 Å². The fraction of sp³-hybridized carbons (Fsp3) is 0.0909. The fourth-order valence-electron chi connectivity index (χ4n) is 3.26. The van der Waals surface area contributed by atoms with Crippen LogP contribution in [0.2, 0.25) is 0 Å². The summed E-state index contributed by atoms with van der Waals surface area (Å²) in [5.74, 6) is 2.42. The SMILES string of the molecule is Cc1ccc(-c2cc(C(=O)Nc3ccc4c(c3)OCO4)c3cc(Br)ccc3n2)o1. The summed E-state index contributed by atoms with van der Waals surface area (Å²) in [7, 11) is 0. The van der Waals surface area contributed by atoms with E-state index in [0.29, 0.717) is 39.7 Å². The number of halogens is 1. The van der Waals surface area contributed by atoms with Crippen molar-refractivity contribution >= 4 is 38.4 Å². The van der Waals surface area contributed by atoms with Crippen LogP contribution in [-0.2, 0) is 0 Å². The van der Waals surface area contributed by atoms with Gasteiger partial charge in [-0.15, -0.1) is 0 Å². The number of hydrogen-bond acceptors (Lipinski definition) is 5. The van der Waals surface area contributed by atoms with Crippen LogP contribution in [0.3, 0.4) is 0 Å². The molecule has 2 aromatic carbocycles. The summed E-state index contributed by atoms with van der Waals surface area (Å²) < 4.78 is 17.3. The third kappa shape index (κ3) is 3.34. The predicted molar refractivity (Wildman–Crippen MR) is 112 cm³/mol. The van der Waals surface area contributed by atoms with Gasteiger partial charge in [0.05, 0.1) is 11.1 Å². The highest BCUT2D eigenvalue weighted by Gasteiger charge is 2.18. The predicted octanol–water partition coefficient (Wildman–Crippen LogP) is 5.55. The number of carbonyl (C=O) groups excluding carboxylic acids is 1. The van der Waals surface area contributed by atoms with Crippen molar-refractivity contribution in [3.8, 4) is 23.0 Å². The molecule has 0 fully saturated rings. The first-order chi connectivity index (χ1) is 14.1. The van der Waals surface area contributed by atoms with E-state index >= 15 is 0 Å². The number of nitrogens with one attached hydrogen (secondary N) is 1. The van der Waals surface area contributed by atoms with E-state index in [4.69, 9.17) is 13.9 Å². The summed E-state index contributed by atoms with van der Waals surface area (Å²) in [6.45, 7) is 2.05. The largest absolute Gasteiger partial charge is 0.460 e. The van der Waals surface area contributed by atoms with Crippen LogP contribution in [0.25, 0.3) is 22.4 Å². The maximum absolute atomic E-state index is 13.2. The highest BCUT2D eigenvalue weighted by Crippen LogP contribution is 2.35. The van der Waals surface area contributed by atoms with Crippen molar-refractivity contribution in [2.24, 2.45) is 0 Å². The number of rotatable bonds is 3. The Kier molecular flexibility index (Phi) is 4.24. The molecule has 1 amide bonds. The smallest absolute Gasteiger partial charge is 0.256 e. The maximum atomic E-state index is 13.2. The van der Waals surface area contributed by atoms with Crippen molar-refractivity contribution < 1.29 is 18.7 Å². The Balaban J connectivity index is 1.58. The van der Waals surface area contributed by atoms with E-state index in [9.17, 15) is 4.79 Å². The number of hydrogen-bond donors (Lipinski definition) is 1. The van der Waals surface area contributed by atoms with Gasteiger partial charge in [0.25, 0.3) is 5.91 Å². The molecule has 4 aromatic rings. The number of benzene rings is 2. The van der Waals surface area contributed by atoms with Gasteiger partial charge in [-0.2, -0.15) is 0 Å². The summed E-state index contributed by atoms with van der Waals surface area (Å²) >= 11 is 3.47. The monoisotopic (exact) mass is 450 g/mol. The second-order valence-corrected chi connectivity index (χ2v) is 7.56. The van der Waals surface area contributed by atoms with Crippen molar-refractivity contribution in [2.45, 2.75) is 6.92 Å². The minimum atomic E-state index is -0.251. The summed E-state index contributed by atoms with van der Waals surface area (Å²) in [6, 6.07) is 16.4. The Hall–Kier alpha value is -3.32. The van der Waals surface area contributed by atoms with Crippen LogP contribution in [0.15, 0.2) is 63.5 Å². The lowest BCUT2D eigenvalue weighted by atomic mass is 10.1. The molecule has 1 aliphatic rings. The number of amides is 1. The molecule has 0 bridgehead atoms. The molecule has 3 heterocycles. The normalized spacial score (nSPS) is 12.3. The van der Waals surface area contributed by atoms with Crippen molar-refractivity contribution in [3.05, 3.63) is 70.4 Å². The molecule has 29 heavy (non-hydrogen) atoms. The third-order valence-corrected chi connectivity index (χ3v) is 5.13. The first-order valence-corrected chi connectivity index (χ1v) is 9.74. The molecule has 5 rings (SSSR count). The minimum Gasteiger partial charge on any atom is -0.460 e. The van der Waals surface area contributed by atoms with Crippen LogP contribution in [0.5, 0.6) is 11.5 Å². The Morgan fingerprint density at radius 3 is 2.72 bits per heavy atom. The second kappa shape index (κ2) is 6.93. The Labute approximate surface area is 174 Å². The molecule has 7 heteroatoms.